The van der Waals surface area contributed by atoms with Gasteiger partial charge >= 0.3 is 0 Å². The highest BCUT2D eigenvalue weighted by Crippen LogP contribution is 2.23. The molecule has 0 saturated carbocycles. The van der Waals surface area contributed by atoms with E-state index in [1.807, 2.05) is 0 Å². The van der Waals surface area contributed by atoms with E-state index in [4.69, 9.17) is 9.47 Å². The second kappa shape index (κ2) is 50.5. The number of aliphatic hydroxyl groups is 5. The maximum atomic E-state index is 13.1. The molecule has 9 heteroatoms. The molecule has 0 spiro atoms. The summed E-state index contributed by atoms with van der Waals surface area (Å²) in [4.78, 5) is 13.1. The maximum Gasteiger partial charge on any atom is 0.220 e. The van der Waals surface area contributed by atoms with Crippen molar-refractivity contribution < 1.29 is 39.8 Å². The van der Waals surface area contributed by atoms with Crippen molar-refractivity contribution in [2.24, 2.45) is 0 Å². The van der Waals surface area contributed by atoms with Gasteiger partial charge in [-0.2, -0.15) is 0 Å². The number of hydrogen-bond donors (Lipinski definition) is 6. The van der Waals surface area contributed by atoms with Crippen LogP contribution >= 0.6 is 0 Å². The average Bonchev–Trinajstić information content (AvgIpc) is 3.35. The van der Waals surface area contributed by atoms with Gasteiger partial charge in [-0.05, 0) is 38.5 Å². The van der Waals surface area contributed by atoms with E-state index < -0.39 is 49.5 Å². The Kier molecular flexibility index (Phi) is 48.2. The van der Waals surface area contributed by atoms with Crippen LogP contribution in [0.3, 0.4) is 0 Å². The number of allylic oxidation sites excluding steroid dienone is 2. The van der Waals surface area contributed by atoms with Crippen molar-refractivity contribution in [3.05, 3.63) is 12.2 Å². The molecule has 1 fully saturated rings. The molecule has 0 aromatic rings. The van der Waals surface area contributed by atoms with Crippen LogP contribution in [0.1, 0.15) is 309 Å². The topological polar surface area (TPSA) is 149 Å². The molecule has 1 saturated heterocycles. The van der Waals surface area contributed by atoms with Crippen LogP contribution in [0.5, 0.6) is 0 Å². The summed E-state index contributed by atoms with van der Waals surface area (Å²) in [5.74, 6) is -0.143. The highest BCUT2D eigenvalue weighted by atomic mass is 16.7. The number of hydrogen-bond acceptors (Lipinski definition) is 8. The number of carbonyl (C=O) groups excluding carboxylic acids is 1. The summed E-state index contributed by atoms with van der Waals surface area (Å²) < 4.78 is 11.3. The third kappa shape index (κ3) is 40.1. The standard InChI is InChI=1S/C60H117NO8/c1-3-5-7-9-11-13-15-17-19-21-23-25-26-27-28-30-31-33-35-37-39-41-43-45-47-49-54(63)53(52-68-60-59(67)58(66)57(65)55(51-62)69-60)61-56(64)50-48-46-44-42-40-38-36-34-32-29-24-22-20-18-16-14-12-10-8-6-4-2/h29,32,53-55,57-60,62-63,65-67H,3-28,30-31,33-52H2,1-2H3,(H,61,64)/b32-29-. The Bertz CT molecular complexity index is 1090. The molecule has 9 nitrogen and oxygen atoms in total. The van der Waals surface area contributed by atoms with Crippen LogP contribution in [0.4, 0.5) is 0 Å². The first kappa shape index (κ1) is 65.9. The third-order valence-corrected chi connectivity index (χ3v) is 14.9. The van der Waals surface area contributed by atoms with Gasteiger partial charge in [0.1, 0.15) is 24.4 Å². The highest BCUT2D eigenvalue weighted by Gasteiger charge is 2.44. The number of aliphatic hydroxyl groups excluding tert-OH is 5. The van der Waals surface area contributed by atoms with Gasteiger partial charge < -0.3 is 40.3 Å². The summed E-state index contributed by atoms with van der Waals surface area (Å²) in [6.07, 6.45) is 55.3. The second-order valence-electron chi connectivity index (χ2n) is 21.5. The van der Waals surface area contributed by atoms with Crippen molar-refractivity contribution in [1.82, 2.24) is 5.32 Å². The summed E-state index contributed by atoms with van der Waals surface area (Å²) in [5, 5.41) is 54.8. The molecule has 1 amide bonds. The van der Waals surface area contributed by atoms with Crippen LogP contribution in [-0.4, -0.2) is 87.5 Å². The molecule has 6 N–H and O–H groups in total. The Morgan fingerprint density at radius 1 is 0.478 bits per heavy atom. The molecular weight excluding hydrogens is 863 g/mol. The molecular formula is C60H117NO8. The van der Waals surface area contributed by atoms with Crippen LogP contribution in [-0.2, 0) is 14.3 Å². The van der Waals surface area contributed by atoms with Gasteiger partial charge in [-0.25, -0.2) is 0 Å². The minimum Gasteiger partial charge on any atom is -0.394 e. The lowest BCUT2D eigenvalue weighted by atomic mass is 9.99. The Labute approximate surface area is 426 Å². The zero-order chi connectivity index (χ0) is 50.1. The smallest absolute Gasteiger partial charge is 0.220 e. The van der Waals surface area contributed by atoms with Crippen molar-refractivity contribution in [2.45, 2.75) is 352 Å². The van der Waals surface area contributed by atoms with Gasteiger partial charge in [0.2, 0.25) is 5.91 Å². The van der Waals surface area contributed by atoms with Gasteiger partial charge in [0, 0.05) is 6.42 Å². The molecule has 7 atom stereocenters. The predicted molar refractivity (Wildman–Crippen MR) is 291 cm³/mol. The molecule has 69 heavy (non-hydrogen) atoms. The maximum absolute atomic E-state index is 13.1. The first-order chi connectivity index (χ1) is 33.8. The van der Waals surface area contributed by atoms with Crippen molar-refractivity contribution in [1.29, 1.82) is 0 Å². The molecule has 0 aromatic heterocycles. The SMILES string of the molecule is CCCCCCCCCCCC/C=C\CCCCCCCCCC(=O)NC(COC1OC(CO)C(O)C(O)C1O)C(O)CCCCCCCCCCCCCCCCCCCCCCCCCCC. The van der Waals surface area contributed by atoms with Gasteiger partial charge in [-0.15, -0.1) is 0 Å². The lowest BCUT2D eigenvalue weighted by Crippen LogP contribution is -2.60. The first-order valence-corrected chi connectivity index (χ1v) is 30.4. The molecule has 410 valence electrons. The van der Waals surface area contributed by atoms with Crippen molar-refractivity contribution >= 4 is 5.91 Å². The molecule has 1 rings (SSSR count). The quantitative estimate of drug-likeness (QED) is 0.0261. The second-order valence-corrected chi connectivity index (χ2v) is 21.5. The van der Waals surface area contributed by atoms with Gasteiger partial charge in [0.25, 0.3) is 0 Å². The van der Waals surface area contributed by atoms with Crippen molar-refractivity contribution in [2.75, 3.05) is 13.2 Å². The summed E-state index contributed by atoms with van der Waals surface area (Å²) in [7, 11) is 0. The van der Waals surface area contributed by atoms with E-state index >= 15 is 0 Å². The van der Waals surface area contributed by atoms with E-state index in [1.165, 1.54) is 244 Å². The fourth-order valence-electron chi connectivity index (χ4n) is 10.0. The molecule has 0 aromatic carbocycles. The van der Waals surface area contributed by atoms with E-state index in [9.17, 15) is 30.3 Å². The molecule has 1 aliphatic heterocycles. The van der Waals surface area contributed by atoms with Crippen LogP contribution in [0.25, 0.3) is 0 Å². The largest absolute Gasteiger partial charge is 0.394 e. The van der Waals surface area contributed by atoms with Crippen molar-refractivity contribution in [3.8, 4) is 0 Å². The predicted octanol–water partition coefficient (Wildman–Crippen LogP) is 15.2. The number of ether oxygens (including phenoxy) is 2. The van der Waals surface area contributed by atoms with E-state index in [0.717, 1.165) is 38.5 Å². The summed E-state index contributed by atoms with van der Waals surface area (Å²) in [5.41, 5.74) is 0. The molecule has 0 bridgehead atoms. The Morgan fingerprint density at radius 3 is 1.17 bits per heavy atom. The normalized spacial score (nSPS) is 19.4. The summed E-state index contributed by atoms with van der Waals surface area (Å²) >= 11 is 0. The monoisotopic (exact) mass is 980 g/mol. The zero-order valence-corrected chi connectivity index (χ0v) is 45.6. The van der Waals surface area contributed by atoms with E-state index in [1.54, 1.807) is 0 Å². The van der Waals surface area contributed by atoms with E-state index in [0.29, 0.717) is 12.8 Å². The Morgan fingerprint density at radius 2 is 0.812 bits per heavy atom. The summed E-state index contributed by atoms with van der Waals surface area (Å²) in [6.45, 7) is 3.88. The van der Waals surface area contributed by atoms with Crippen molar-refractivity contribution in [3.63, 3.8) is 0 Å². The van der Waals surface area contributed by atoms with Crippen LogP contribution < -0.4 is 5.32 Å². The molecule has 1 aliphatic rings. The Hall–Kier alpha value is -1.07. The molecule has 7 unspecified atom stereocenters. The van der Waals surface area contributed by atoms with Gasteiger partial charge in [-0.3, -0.25) is 4.79 Å². The number of carbonyl (C=O) groups is 1. The lowest BCUT2D eigenvalue weighted by molar-refractivity contribution is -0.302. The van der Waals surface area contributed by atoms with Gasteiger partial charge in [-0.1, -0.05) is 276 Å². The van der Waals surface area contributed by atoms with E-state index in [-0.39, 0.29) is 12.5 Å². The molecule has 1 heterocycles. The fraction of sp³-hybridized carbons (Fsp3) is 0.950. The first-order valence-electron chi connectivity index (χ1n) is 30.4. The summed E-state index contributed by atoms with van der Waals surface area (Å²) in [6, 6.07) is -0.719. The highest BCUT2D eigenvalue weighted by molar-refractivity contribution is 5.76. The zero-order valence-electron chi connectivity index (χ0n) is 45.6. The third-order valence-electron chi connectivity index (χ3n) is 14.9. The Balaban J connectivity index is 2.18. The van der Waals surface area contributed by atoms with E-state index in [2.05, 4.69) is 31.3 Å². The van der Waals surface area contributed by atoms with Gasteiger partial charge in [0.15, 0.2) is 6.29 Å². The minimum absolute atomic E-state index is 0.135. The van der Waals surface area contributed by atoms with Crippen LogP contribution in [0, 0.1) is 0 Å². The number of nitrogens with one attached hydrogen (secondary N) is 1. The molecule has 0 radical (unpaired) electrons. The van der Waals surface area contributed by atoms with Gasteiger partial charge in [0.05, 0.1) is 25.4 Å². The number of unbranched alkanes of at least 4 members (excludes halogenated alkanes) is 41. The van der Waals surface area contributed by atoms with Crippen LogP contribution in [0.15, 0.2) is 12.2 Å². The minimum atomic E-state index is -1.55. The van der Waals surface area contributed by atoms with Crippen LogP contribution in [0.2, 0.25) is 0 Å². The number of amides is 1. The average molecular weight is 981 g/mol. The molecule has 0 aliphatic carbocycles. The lowest BCUT2D eigenvalue weighted by Gasteiger charge is -2.40. The number of rotatable bonds is 53. The fourth-order valence-corrected chi connectivity index (χ4v) is 10.0.